The Morgan fingerprint density at radius 2 is 1.74 bits per heavy atom. The molecule has 0 unspecified atom stereocenters. The van der Waals surface area contributed by atoms with Gasteiger partial charge in [-0.25, -0.2) is 4.98 Å². The molecular formula is C23H29N3O. The van der Waals surface area contributed by atoms with Gasteiger partial charge in [0.05, 0.1) is 11.9 Å². The molecule has 1 aliphatic carbocycles. The average molecular weight is 364 g/mol. The van der Waals surface area contributed by atoms with E-state index in [1.54, 1.807) is 0 Å². The lowest BCUT2D eigenvalue weighted by Gasteiger charge is -2.33. The summed E-state index contributed by atoms with van der Waals surface area (Å²) in [4.78, 5) is 19.1. The summed E-state index contributed by atoms with van der Waals surface area (Å²) < 4.78 is 0. The Labute approximate surface area is 162 Å². The smallest absolute Gasteiger partial charge is 0.270 e. The highest BCUT2D eigenvalue weighted by atomic mass is 16.1. The maximum atomic E-state index is 12.3. The van der Waals surface area contributed by atoms with E-state index in [0.29, 0.717) is 11.7 Å². The molecule has 4 rings (SSSR count). The molecule has 27 heavy (non-hydrogen) atoms. The van der Waals surface area contributed by atoms with Crippen molar-refractivity contribution in [3.05, 3.63) is 59.9 Å². The van der Waals surface area contributed by atoms with E-state index < -0.39 is 0 Å². The summed E-state index contributed by atoms with van der Waals surface area (Å²) in [6.45, 7) is 2.12. The van der Waals surface area contributed by atoms with Gasteiger partial charge in [0.2, 0.25) is 0 Å². The van der Waals surface area contributed by atoms with Gasteiger partial charge in [0.15, 0.2) is 0 Å². The van der Waals surface area contributed by atoms with Gasteiger partial charge in [-0.3, -0.25) is 4.79 Å². The van der Waals surface area contributed by atoms with Crippen LogP contribution in [0.2, 0.25) is 0 Å². The lowest BCUT2D eigenvalue weighted by molar-refractivity contribution is 0.0933. The highest BCUT2D eigenvalue weighted by Crippen LogP contribution is 2.25. The minimum Gasteiger partial charge on any atom is -0.370 e. The number of carbonyl (C=O) groups is 1. The number of amides is 1. The van der Waals surface area contributed by atoms with Crippen LogP contribution in [0.15, 0.2) is 48.7 Å². The first-order valence-electron chi connectivity index (χ1n) is 10.3. The zero-order chi connectivity index (χ0) is 18.5. The van der Waals surface area contributed by atoms with Gasteiger partial charge in [0, 0.05) is 19.1 Å². The number of benzene rings is 1. The molecule has 1 saturated heterocycles. The fourth-order valence-corrected chi connectivity index (χ4v) is 4.38. The molecule has 0 atom stereocenters. The number of aromatic nitrogens is 1. The predicted octanol–water partition coefficient (Wildman–Crippen LogP) is 4.21. The van der Waals surface area contributed by atoms with Crippen molar-refractivity contribution in [2.45, 2.75) is 51.0 Å². The van der Waals surface area contributed by atoms with E-state index in [0.717, 1.165) is 37.5 Å². The number of rotatable bonds is 5. The molecule has 0 radical (unpaired) electrons. The van der Waals surface area contributed by atoms with Crippen molar-refractivity contribution in [2.24, 2.45) is 5.92 Å². The standard InChI is InChI=1S/C23H29N3O/c27-23(25-20-8-4-5-9-20)22-11-10-21(17-24-22)26-14-12-19(13-15-26)16-18-6-2-1-3-7-18/h1-3,6-7,10-11,17,19-20H,4-5,8-9,12-16H2,(H,25,27). The van der Waals surface area contributed by atoms with Crippen LogP contribution in [0, 0.1) is 5.92 Å². The van der Waals surface area contributed by atoms with Crippen molar-refractivity contribution in [1.29, 1.82) is 0 Å². The van der Waals surface area contributed by atoms with E-state index in [2.05, 4.69) is 45.5 Å². The Kier molecular flexibility index (Phi) is 5.71. The third kappa shape index (κ3) is 4.68. The number of nitrogens with zero attached hydrogens (tertiary/aromatic N) is 2. The molecule has 1 aromatic heterocycles. The first kappa shape index (κ1) is 18.0. The number of piperidine rings is 1. The maximum Gasteiger partial charge on any atom is 0.270 e. The average Bonchev–Trinajstić information content (AvgIpc) is 3.22. The zero-order valence-corrected chi connectivity index (χ0v) is 15.9. The number of pyridine rings is 1. The van der Waals surface area contributed by atoms with Crippen LogP contribution in [0.25, 0.3) is 0 Å². The Bertz CT molecular complexity index is 730. The third-order valence-corrected chi connectivity index (χ3v) is 6.02. The molecule has 4 nitrogen and oxygen atoms in total. The summed E-state index contributed by atoms with van der Waals surface area (Å²) in [5, 5.41) is 3.11. The van der Waals surface area contributed by atoms with E-state index in [-0.39, 0.29) is 5.91 Å². The van der Waals surface area contributed by atoms with E-state index >= 15 is 0 Å². The quantitative estimate of drug-likeness (QED) is 0.865. The van der Waals surface area contributed by atoms with Crippen molar-refractivity contribution in [3.8, 4) is 0 Å². The molecule has 1 amide bonds. The Balaban J connectivity index is 1.29. The minimum absolute atomic E-state index is 0.0324. The maximum absolute atomic E-state index is 12.3. The van der Waals surface area contributed by atoms with Crippen LogP contribution >= 0.6 is 0 Å². The SMILES string of the molecule is O=C(NC1CCCC1)c1ccc(N2CCC(Cc3ccccc3)CC2)cn1. The third-order valence-electron chi connectivity index (χ3n) is 6.02. The van der Waals surface area contributed by atoms with Crippen LogP contribution in [0.4, 0.5) is 5.69 Å². The number of hydrogen-bond donors (Lipinski definition) is 1. The Morgan fingerprint density at radius 1 is 1.00 bits per heavy atom. The number of carbonyl (C=O) groups excluding carboxylic acids is 1. The second-order valence-corrected chi connectivity index (χ2v) is 7.98. The van der Waals surface area contributed by atoms with Crippen molar-refractivity contribution in [2.75, 3.05) is 18.0 Å². The van der Waals surface area contributed by atoms with Gasteiger partial charge < -0.3 is 10.2 Å². The minimum atomic E-state index is -0.0324. The highest BCUT2D eigenvalue weighted by Gasteiger charge is 2.21. The number of hydrogen-bond acceptors (Lipinski definition) is 3. The van der Waals surface area contributed by atoms with Crippen molar-refractivity contribution >= 4 is 11.6 Å². The lowest BCUT2D eigenvalue weighted by Crippen LogP contribution is -2.35. The normalized spacial score (nSPS) is 18.6. The molecule has 0 bridgehead atoms. The van der Waals surface area contributed by atoms with E-state index in [4.69, 9.17) is 0 Å². The zero-order valence-electron chi connectivity index (χ0n) is 15.9. The van der Waals surface area contributed by atoms with Crippen LogP contribution in [-0.2, 0) is 6.42 Å². The van der Waals surface area contributed by atoms with Gasteiger partial charge in [-0.2, -0.15) is 0 Å². The molecule has 1 N–H and O–H groups in total. The fourth-order valence-electron chi connectivity index (χ4n) is 4.38. The topological polar surface area (TPSA) is 45.2 Å². The molecular weight excluding hydrogens is 334 g/mol. The highest BCUT2D eigenvalue weighted by molar-refractivity contribution is 5.92. The van der Waals surface area contributed by atoms with Crippen LogP contribution in [0.5, 0.6) is 0 Å². The summed E-state index contributed by atoms with van der Waals surface area (Å²) >= 11 is 0. The second-order valence-electron chi connectivity index (χ2n) is 7.98. The van der Waals surface area contributed by atoms with E-state index in [1.165, 1.54) is 37.7 Å². The van der Waals surface area contributed by atoms with Gasteiger partial charge in [-0.1, -0.05) is 43.2 Å². The van der Waals surface area contributed by atoms with Crippen molar-refractivity contribution in [3.63, 3.8) is 0 Å². The molecule has 2 aromatic rings. The van der Waals surface area contributed by atoms with Gasteiger partial charge in [0.25, 0.3) is 5.91 Å². The van der Waals surface area contributed by atoms with E-state index in [9.17, 15) is 4.79 Å². The summed E-state index contributed by atoms with van der Waals surface area (Å²) in [5.74, 6) is 0.725. The second kappa shape index (κ2) is 8.55. The lowest BCUT2D eigenvalue weighted by atomic mass is 9.90. The summed E-state index contributed by atoms with van der Waals surface area (Å²) in [6, 6.07) is 15.0. The number of nitrogens with one attached hydrogen (secondary N) is 1. The van der Waals surface area contributed by atoms with Gasteiger partial charge in [-0.15, -0.1) is 0 Å². The van der Waals surface area contributed by atoms with Gasteiger partial charge in [0.1, 0.15) is 5.69 Å². The molecule has 0 spiro atoms. The molecule has 4 heteroatoms. The molecule has 2 fully saturated rings. The molecule has 2 heterocycles. The Morgan fingerprint density at radius 3 is 2.41 bits per heavy atom. The molecule has 142 valence electrons. The van der Waals surface area contributed by atoms with Crippen LogP contribution in [0.1, 0.15) is 54.6 Å². The van der Waals surface area contributed by atoms with Crippen LogP contribution in [-0.4, -0.2) is 30.0 Å². The van der Waals surface area contributed by atoms with Gasteiger partial charge >= 0.3 is 0 Å². The van der Waals surface area contributed by atoms with Gasteiger partial charge in [-0.05, 0) is 55.7 Å². The Hall–Kier alpha value is -2.36. The van der Waals surface area contributed by atoms with Crippen molar-refractivity contribution < 1.29 is 4.79 Å². The van der Waals surface area contributed by atoms with Crippen LogP contribution in [0.3, 0.4) is 0 Å². The first-order chi connectivity index (χ1) is 13.3. The summed E-state index contributed by atoms with van der Waals surface area (Å²) in [6.07, 6.45) is 10.1. The van der Waals surface area contributed by atoms with Crippen LogP contribution < -0.4 is 10.2 Å². The fraction of sp³-hybridized carbons (Fsp3) is 0.478. The summed E-state index contributed by atoms with van der Waals surface area (Å²) in [5.41, 5.74) is 3.10. The number of anilines is 1. The molecule has 1 aliphatic heterocycles. The summed E-state index contributed by atoms with van der Waals surface area (Å²) in [7, 11) is 0. The molecule has 1 aromatic carbocycles. The van der Waals surface area contributed by atoms with E-state index in [1.807, 2.05) is 18.3 Å². The predicted molar refractivity (Wildman–Crippen MR) is 109 cm³/mol. The van der Waals surface area contributed by atoms with Crippen molar-refractivity contribution in [1.82, 2.24) is 10.3 Å². The first-order valence-corrected chi connectivity index (χ1v) is 10.3. The monoisotopic (exact) mass is 363 g/mol. The largest absolute Gasteiger partial charge is 0.370 e. The molecule has 2 aliphatic rings. The molecule has 1 saturated carbocycles.